The molecule has 5 heteroatoms. The molecule has 1 aliphatic heterocycles. The van der Waals surface area contributed by atoms with E-state index in [0.717, 1.165) is 23.2 Å². The summed E-state index contributed by atoms with van der Waals surface area (Å²) in [7, 11) is 0. The predicted octanol–water partition coefficient (Wildman–Crippen LogP) is 4.93. The molecule has 0 unspecified atom stereocenters. The average molecular weight is 426 g/mol. The van der Waals surface area contributed by atoms with Crippen molar-refractivity contribution < 1.29 is 4.79 Å². The lowest BCUT2D eigenvalue weighted by molar-refractivity contribution is -0.120. The second-order valence-corrected chi connectivity index (χ2v) is 8.93. The zero-order chi connectivity index (χ0) is 21.0. The van der Waals surface area contributed by atoms with Gasteiger partial charge in [0, 0.05) is 28.8 Å². The summed E-state index contributed by atoms with van der Waals surface area (Å²) in [5, 5.41) is 7.92. The van der Waals surface area contributed by atoms with Crippen molar-refractivity contribution in [3.63, 3.8) is 0 Å². The minimum atomic E-state index is -0.0723. The molecule has 1 amide bonds. The summed E-state index contributed by atoms with van der Waals surface area (Å²) in [6.45, 7) is 1.16. The lowest BCUT2D eigenvalue weighted by Gasteiger charge is -2.10. The van der Waals surface area contributed by atoms with Crippen LogP contribution in [0.4, 0.5) is 0 Å². The molecule has 1 atom stereocenters. The van der Waals surface area contributed by atoms with Crippen LogP contribution in [0.15, 0.2) is 96.0 Å². The summed E-state index contributed by atoms with van der Waals surface area (Å²) >= 11 is 1.65. The standard InChI is InChI=1S/C26H23N3OS/c30-26(24-15-21-13-7-8-14-23(21)31-24)27-16-22-18-29(17-19-9-3-1-4-10-19)28-25(22)20-11-5-2-6-12-20/h1-14,18,24H,15-17H2,(H,27,30)/t24-/m0/s1. The second-order valence-electron chi connectivity index (χ2n) is 7.69. The highest BCUT2D eigenvalue weighted by atomic mass is 32.2. The van der Waals surface area contributed by atoms with E-state index < -0.39 is 0 Å². The fraction of sp³-hybridized carbons (Fsp3) is 0.154. The Morgan fingerprint density at radius 2 is 1.68 bits per heavy atom. The van der Waals surface area contributed by atoms with Crippen molar-refractivity contribution in [2.75, 3.05) is 0 Å². The van der Waals surface area contributed by atoms with E-state index in [1.165, 1.54) is 16.0 Å². The van der Waals surface area contributed by atoms with Crippen LogP contribution in [0.2, 0.25) is 0 Å². The molecular formula is C26H23N3OS. The van der Waals surface area contributed by atoms with E-state index in [1.54, 1.807) is 11.8 Å². The first kappa shape index (κ1) is 19.6. The number of aromatic nitrogens is 2. The maximum atomic E-state index is 12.9. The van der Waals surface area contributed by atoms with Gasteiger partial charge in [0.15, 0.2) is 0 Å². The molecule has 154 valence electrons. The Labute approximate surface area is 186 Å². The zero-order valence-corrected chi connectivity index (χ0v) is 17.9. The molecule has 0 saturated carbocycles. The summed E-state index contributed by atoms with van der Waals surface area (Å²) in [6.07, 6.45) is 2.83. The van der Waals surface area contributed by atoms with Gasteiger partial charge in [0.25, 0.3) is 0 Å². The Bertz CT molecular complexity index is 1160. The van der Waals surface area contributed by atoms with Crippen molar-refractivity contribution in [1.29, 1.82) is 0 Å². The number of hydrogen-bond acceptors (Lipinski definition) is 3. The molecule has 4 aromatic rings. The molecule has 0 fully saturated rings. The van der Waals surface area contributed by atoms with E-state index in [2.05, 4.69) is 41.7 Å². The first-order chi connectivity index (χ1) is 15.3. The van der Waals surface area contributed by atoms with E-state index in [1.807, 2.05) is 59.4 Å². The van der Waals surface area contributed by atoms with Crippen LogP contribution in [0, 0.1) is 0 Å². The van der Waals surface area contributed by atoms with E-state index in [0.29, 0.717) is 13.1 Å². The molecule has 3 aromatic carbocycles. The van der Waals surface area contributed by atoms with E-state index in [-0.39, 0.29) is 11.2 Å². The number of carbonyl (C=O) groups is 1. The van der Waals surface area contributed by atoms with Crippen molar-refractivity contribution in [1.82, 2.24) is 15.1 Å². The van der Waals surface area contributed by atoms with Gasteiger partial charge in [-0.25, -0.2) is 0 Å². The minimum Gasteiger partial charge on any atom is -0.351 e. The fourth-order valence-electron chi connectivity index (χ4n) is 3.91. The Kier molecular flexibility index (Phi) is 5.59. The second kappa shape index (κ2) is 8.82. The van der Waals surface area contributed by atoms with Crippen molar-refractivity contribution in [2.24, 2.45) is 0 Å². The lowest BCUT2D eigenvalue weighted by Crippen LogP contribution is -2.32. The molecule has 31 heavy (non-hydrogen) atoms. The normalized spacial score (nSPS) is 14.9. The quantitative estimate of drug-likeness (QED) is 0.476. The summed E-state index contributed by atoms with van der Waals surface area (Å²) in [4.78, 5) is 14.1. The van der Waals surface area contributed by atoms with E-state index >= 15 is 0 Å². The maximum Gasteiger partial charge on any atom is 0.234 e. The van der Waals surface area contributed by atoms with Crippen LogP contribution in [0.3, 0.4) is 0 Å². The van der Waals surface area contributed by atoms with Crippen molar-refractivity contribution in [2.45, 2.75) is 29.7 Å². The van der Waals surface area contributed by atoms with Crippen LogP contribution >= 0.6 is 11.8 Å². The largest absolute Gasteiger partial charge is 0.351 e. The number of rotatable bonds is 6. The number of fused-ring (bicyclic) bond motifs is 1. The Hall–Kier alpha value is -3.31. The highest BCUT2D eigenvalue weighted by molar-refractivity contribution is 8.01. The topological polar surface area (TPSA) is 46.9 Å². The minimum absolute atomic E-state index is 0.0723. The van der Waals surface area contributed by atoms with E-state index in [4.69, 9.17) is 5.10 Å². The molecular weight excluding hydrogens is 402 g/mol. The molecule has 4 nitrogen and oxygen atoms in total. The molecule has 0 saturated heterocycles. The van der Waals surface area contributed by atoms with Crippen LogP contribution < -0.4 is 5.32 Å². The summed E-state index contributed by atoms with van der Waals surface area (Å²) < 4.78 is 1.96. The molecule has 0 bridgehead atoms. The van der Waals surface area contributed by atoms with Crippen LogP contribution in [0.5, 0.6) is 0 Å². The predicted molar refractivity (Wildman–Crippen MR) is 125 cm³/mol. The number of thioether (sulfide) groups is 1. The third-order valence-corrected chi connectivity index (χ3v) is 6.78. The van der Waals surface area contributed by atoms with Crippen molar-refractivity contribution in [3.05, 3.63) is 108 Å². The van der Waals surface area contributed by atoms with Gasteiger partial charge < -0.3 is 5.32 Å². The highest BCUT2D eigenvalue weighted by Gasteiger charge is 2.28. The van der Waals surface area contributed by atoms with Crippen molar-refractivity contribution in [3.8, 4) is 11.3 Å². The first-order valence-corrected chi connectivity index (χ1v) is 11.3. The lowest BCUT2D eigenvalue weighted by atomic mass is 10.1. The van der Waals surface area contributed by atoms with Crippen LogP contribution in [0.1, 0.15) is 16.7 Å². The Morgan fingerprint density at radius 3 is 2.45 bits per heavy atom. The number of nitrogens with one attached hydrogen (secondary N) is 1. The molecule has 0 spiro atoms. The van der Waals surface area contributed by atoms with Crippen LogP contribution in [-0.4, -0.2) is 20.9 Å². The Balaban J connectivity index is 1.33. The van der Waals surface area contributed by atoms with Gasteiger partial charge in [-0.05, 0) is 23.6 Å². The van der Waals surface area contributed by atoms with Gasteiger partial charge in [-0.1, -0.05) is 78.9 Å². The SMILES string of the molecule is O=C(NCc1cn(Cc2ccccc2)nc1-c1ccccc1)[C@@H]1Cc2ccccc2S1. The summed E-state index contributed by atoms with van der Waals surface area (Å²) in [5.41, 5.74) is 5.45. The van der Waals surface area contributed by atoms with E-state index in [9.17, 15) is 4.79 Å². The highest BCUT2D eigenvalue weighted by Crippen LogP contribution is 2.36. The third-order valence-electron chi connectivity index (χ3n) is 5.46. The molecule has 2 heterocycles. The Morgan fingerprint density at radius 1 is 0.968 bits per heavy atom. The smallest absolute Gasteiger partial charge is 0.234 e. The van der Waals surface area contributed by atoms with Gasteiger partial charge in [-0.15, -0.1) is 11.8 Å². The molecule has 1 aliphatic rings. The van der Waals surface area contributed by atoms with Gasteiger partial charge in [-0.2, -0.15) is 5.10 Å². The van der Waals surface area contributed by atoms with Gasteiger partial charge in [-0.3, -0.25) is 9.48 Å². The van der Waals surface area contributed by atoms with Gasteiger partial charge in [0.05, 0.1) is 17.5 Å². The van der Waals surface area contributed by atoms with Crippen molar-refractivity contribution >= 4 is 17.7 Å². The summed E-state index contributed by atoms with van der Waals surface area (Å²) in [6, 6.07) is 28.7. The number of carbonyl (C=O) groups excluding carboxylic acids is 1. The number of hydrogen-bond donors (Lipinski definition) is 1. The summed E-state index contributed by atoms with van der Waals surface area (Å²) in [5.74, 6) is 0.0796. The van der Waals surface area contributed by atoms with Gasteiger partial charge >= 0.3 is 0 Å². The fourth-order valence-corrected chi connectivity index (χ4v) is 5.13. The molecule has 5 rings (SSSR count). The van der Waals surface area contributed by atoms with Crippen LogP contribution in [-0.2, 0) is 24.3 Å². The number of nitrogens with zero attached hydrogens (tertiary/aromatic N) is 2. The molecule has 1 aromatic heterocycles. The maximum absolute atomic E-state index is 12.9. The van der Waals surface area contributed by atoms with Gasteiger partial charge in [0.2, 0.25) is 5.91 Å². The zero-order valence-electron chi connectivity index (χ0n) is 17.1. The third kappa shape index (κ3) is 4.42. The molecule has 0 aliphatic carbocycles. The monoisotopic (exact) mass is 425 g/mol. The first-order valence-electron chi connectivity index (χ1n) is 10.4. The average Bonchev–Trinajstić information content (AvgIpc) is 3.43. The van der Waals surface area contributed by atoms with Crippen LogP contribution in [0.25, 0.3) is 11.3 Å². The molecule has 1 N–H and O–H groups in total. The van der Waals surface area contributed by atoms with Gasteiger partial charge in [0.1, 0.15) is 0 Å². The number of amides is 1. The molecule has 0 radical (unpaired) electrons. The number of benzene rings is 3.